The van der Waals surface area contributed by atoms with E-state index in [2.05, 4.69) is 40.3 Å². The highest BCUT2D eigenvalue weighted by molar-refractivity contribution is 9.10. The summed E-state index contributed by atoms with van der Waals surface area (Å²) in [5.41, 5.74) is 5.76. The van der Waals surface area contributed by atoms with Crippen LogP contribution >= 0.6 is 15.9 Å². The van der Waals surface area contributed by atoms with E-state index in [1.807, 2.05) is 7.05 Å². The first-order valence-electron chi connectivity index (χ1n) is 6.08. The van der Waals surface area contributed by atoms with Gasteiger partial charge in [-0.1, -0.05) is 12.1 Å². The highest BCUT2D eigenvalue weighted by atomic mass is 79.9. The lowest BCUT2D eigenvalue weighted by atomic mass is 10.0. The average molecular weight is 307 g/mol. The Balaban J connectivity index is 2.40. The molecule has 2 aromatic rings. The van der Waals surface area contributed by atoms with Gasteiger partial charge in [0.15, 0.2) is 0 Å². The van der Waals surface area contributed by atoms with Gasteiger partial charge in [0.2, 0.25) is 0 Å². The fraction of sp³-hybridized carbons (Fsp3) is 0.357. The first-order chi connectivity index (χ1) is 8.72. The Morgan fingerprint density at radius 3 is 3.00 bits per heavy atom. The molecule has 94 valence electrons. The first-order valence-corrected chi connectivity index (χ1v) is 6.87. The van der Waals surface area contributed by atoms with Crippen LogP contribution < -0.4 is 5.32 Å². The molecule has 3 rings (SSSR count). The highest BCUT2D eigenvalue weighted by Gasteiger charge is 2.19. The second-order valence-electron chi connectivity index (χ2n) is 4.56. The van der Waals surface area contributed by atoms with Gasteiger partial charge in [0, 0.05) is 28.9 Å². The summed E-state index contributed by atoms with van der Waals surface area (Å²) in [5, 5.41) is 4.46. The number of halogens is 1. The van der Waals surface area contributed by atoms with E-state index < -0.39 is 0 Å². The van der Waals surface area contributed by atoms with Gasteiger partial charge >= 0.3 is 0 Å². The molecule has 1 N–H and O–H groups in total. The lowest BCUT2D eigenvalue weighted by Crippen LogP contribution is -2.14. The summed E-state index contributed by atoms with van der Waals surface area (Å²) < 4.78 is 6.64. The minimum atomic E-state index is 0.653. The van der Waals surface area contributed by atoms with Crippen molar-refractivity contribution in [3.8, 4) is 0 Å². The maximum atomic E-state index is 5.55. The van der Waals surface area contributed by atoms with Crippen molar-refractivity contribution in [2.75, 3.05) is 19.0 Å². The van der Waals surface area contributed by atoms with Crippen LogP contribution in [0, 0.1) is 6.92 Å². The molecule has 0 radical (unpaired) electrons. The zero-order valence-electron chi connectivity index (χ0n) is 10.5. The van der Waals surface area contributed by atoms with Crippen molar-refractivity contribution in [3.63, 3.8) is 0 Å². The van der Waals surface area contributed by atoms with Crippen LogP contribution in [-0.2, 0) is 17.8 Å². The molecule has 4 heteroatoms. The standard InChI is InChI=1S/C14H15BrN2O/c1-8-3-4-9-13(16-2)10-7-18-6-5-11(10)17-14(9)12(8)15/h3-4H,5-7H2,1-2H3,(H,16,17). The maximum absolute atomic E-state index is 5.55. The van der Waals surface area contributed by atoms with Crippen molar-refractivity contribution in [1.82, 2.24) is 4.98 Å². The molecule has 1 aromatic heterocycles. The Bertz CT molecular complexity index is 625. The summed E-state index contributed by atoms with van der Waals surface area (Å²) in [7, 11) is 1.96. The van der Waals surface area contributed by atoms with Gasteiger partial charge < -0.3 is 10.1 Å². The Morgan fingerprint density at radius 1 is 1.39 bits per heavy atom. The van der Waals surface area contributed by atoms with Crippen LogP contribution in [0.15, 0.2) is 16.6 Å². The van der Waals surface area contributed by atoms with Crippen molar-refractivity contribution in [2.45, 2.75) is 20.0 Å². The summed E-state index contributed by atoms with van der Waals surface area (Å²) in [6.45, 7) is 3.50. The Kier molecular flexibility index (Phi) is 2.99. The SMILES string of the molecule is CNc1c2c(nc3c(Br)c(C)ccc13)CCOC2. The summed E-state index contributed by atoms with van der Waals surface area (Å²) in [5.74, 6) is 0. The number of rotatable bonds is 1. The van der Waals surface area contributed by atoms with E-state index in [4.69, 9.17) is 9.72 Å². The van der Waals surface area contributed by atoms with E-state index in [9.17, 15) is 0 Å². The van der Waals surface area contributed by atoms with Crippen molar-refractivity contribution in [2.24, 2.45) is 0 Å². The smallest absolute Gasteiger partial charge is 0.0870 e. The van der Waals surface area contributed by atoms with Crippen LogP contribution in [0.2, 0.25) is 0 Å². The Morgan fingerprint density at radius 2 is 2.22 bits per heavy atom. The first kappa shape index (κ1) is 11.9. The molecule has 0 aliphatic carbocycles. The lowest BCUT2D eigenvalue weighted by Gasteiger charge is -2.21. The van der Waals surface area contributed by atoms with Crippen LogP contribution in [0.25, 0.3) is 10.9 Å². The van der Waals surface area contributed by atoms with Crippen LogP contribution in [0.5, 0.6) is 0 Å². The molecular weight excluding hydrogens is 292 g/mol. The molecule has 0 amide bonds. The average Bonchev–Trinajstić information content (AvgIpc) is 2.41. The van der Waals surface area contributed by atoms with Gasteiger partial charge in [0.1, 0.15) is 0 Å². The largest absolute Gasteiger partial charge is 0.387 e. The zero-order valence-corrected chi connectivity index (χ0v) is 12.1. The number of hydrogen-bond donors (Lipinski definition) is 1. The van der Waals surface area contributed by atoms with Crippen molar-refractivity contribution < 1.29 is 4.74 Å². The molecule has 0 saturated heterocycles. The minimum absolute atomic E-state index is 0.653. The molecule has 1 aliphatic rings. The molecular formula is C14H15BrN2O. The normalized spacial score (nSPS) is 14.6. The molecule has 0 saturated carbocycles. The number of ether oxygens (including phenoxy) is 1. The van der Waals surface area contributed by atoms with E-state index in [0.717, 1.165) is 39.8 Å². The quantitative estimate of drug-likeness (QED) is 0.876. The van der Waals surface area contributed by atoms with Gasteiger partial charge in [0.25, 0.3) is 0 Å². The highest BCUT2D eigenvalue weighted by Crippen LogP contribution is 2.35. The van der Waals surface area contributed by atoms with Gasteiger partial charge in [-0.15, -0.1) is 0 Å². The molecule has 18 heavy (non-hydrogen) atoms. The topological polar surface area (TPSA) is 34.2 Å². The van der Waals surface area contributed by atoms with Crippen LogP contribution in [0.4, 0.5) is 5.69 Å². The van der Waals surface area contributed by atoms with Crippen LogP contribution in [0.3, 0.4) is 0 Å². The predicted octanol–water partition coefficient (Wildman–Crippen LogP) is 3.42. The fourth-order valence-electron chi connectivity index (χ4n) is 2.48. The van der Waals surface area contributed by atoms with E-state index in [0.29, 0.717) is 6.61 Å². The minimum Gasteiger partial charge on any atom is -0.387 e. The molecule has 0 spiro atoms. The molecule has 0 fully saturated rings. The third-order valence-electron chi connectivity index (χ3n) is 3.46. The van der Waals surface area contributed by atoms with Gasteiger partial charge in [0.05, 0.1) is 30.1 Å². The van der Waals surface area contributed by atoms with Gasteiger partial charge in [-0.25, -0.2) is 0 Å². The number of aromatic nitrogens is 1. The lowest BCUT2D eigenvalue weighted by molar-refractivity contribution is 0.110. The monoisotopic (exact) mass is 306 g/mol. The number of fused-ring (bicyclic) bond motifs is 2. The zero-order chi connectivity index (χ0) is 12.7. The van der Waals surface area contributed by atoms with E-state index in [1.165, 1.54) is 11.1 Å². The predicted molar refractivity (Wildman–Crippen MR) is 77.1 cm³/mol. The number of anilines is 1. The summed E-state index contributed by atoms with van der Waals surface area (Å²) in [6.07, 6.45) is 0.889. The molecule has 0 bridgehead atoms. The number of nitrogens with one attached hydrogen (secondary N) is 1. The van der Waals surface area contributed by atoms with Crippen LogP contribution in [0.1, 0.15) is 16.8 Å². The molecule has 3 nitrogen and oxygen atoms in total. The molecule has 0 unspecified atom stereocenters. The summed E-state index contributed by atoms with van der Waals surface area (Å²) >= 11 is 3.65. The second-order valence-corrected chi connectivity index (χ2v) is 5.35. The number of pyridine rings is 1. The summed E-state index contributed by atoms with van der Waals surface area (Å²) in [4.78, 5) is 4.82. The van der Waals surface area contributed by atoms with E-state index in [1.54, 1.807) is 0 Å². The van der Waals surface area contributed by atoms with Crippen molar-refractivity contribution in [3.05, 3.63) is 33.4 Å². The Labute approximate surface area is 115 Å². The third-order valence-corrected chi connectivity index (χ3v) is 4.46. The molecule has 0 atom stereocenters. The van der Waals surface area contributed by atoms with Gasteiger partial charge in [-0.3, -0.25) is 4.98 Å². The molecule has 1 aliphatic heterocycles. The fourth-order valence-corrected chi connectivity index (χ4v) is 2.91. The number of benzene rings is 1. The number of aryl methyl sites for hydroxylation is 1. The van der Waals surface area contributed by atoms with E-state index in [-0.39, 0.29) is 0 Å². The second kappa shape index (κ2) is 4.52. The molecule has 2 heterocycles. The third kappa shape index (κ3) is 1.71. The van der Waals surface area contributed by atoms with Gasteiger partial charge in [-0.05, 0) is 28.4 Å². The number of nitrogens with zero attached hydrogens (tertiary/aromatic N) is 1. The van der Waals surface area contributed by atoms with Gasteiger partial charge in [-0.2, -0.15) is 0 Å². The van der Waals surface area contributed by atoms with E-state index >= 15 is 0 Å². The maximum Gasteiger partial charge on any atom is 0.0870 e. The summed E-state index contributed by atoms with van der Waals surface area (Å²) in [6, 6.07) is 4.24. The van der Waals surface area contributed by atoms with Crippen LogP contribution in [-0.4, -0.2) is 18.6 Å². The Hall–Kier alpha value is -1.13. The van der Waals surface area contributed by atoms with Crippen molar-refractivity contribution in [1.29, 1.82) is 0 Å². The molecule has 1 aromatic carbocycles. The van der Waals surface area contributed by atoms with Crippen molar-refractivity contribution >= 4 is 32.5 Å². The number of hydrogen-bond acceptors (Lipinski definition) is 3.